The van der Waals surface area contributed by atoms with E-state index in [0.717, 1.165) is 19.5 Å². The van der Waals surface area contributed by atoms with Crippen molar-refractivity contribution < 1.29 is 17.9 Å². The molecule has 0 aromatic heterocycles. The summed E-state index contributed by atoms with van der Waals surface area (Å²) in [5.74, 6) is 3.40. The summed E-state index contributed by atoms with van der Waals surface area (Å²) in [5, 5.41) is 4.20. The Morgan fingerprint density at radius 2 is 1.64 bits per heavy atom. The molecule has 1 aromatic carbocycles. The van der Waals surface area contributed by atoms with Crippen molar-refractivity contribution in [2.75, 3.05) is 44.8 Å². The van der Waals surface area contributed by atoms with Gasteiger partial charge in [0.05, 0.1) is 24.2 Å². The SMILES string of the molecule is COC(=O)c1ccc(C2=CC[C@]3(C)[C@H]4CC[C@@H]5[C@H]6C(C(C)N)CC[C@]6(NCCN6CCS(=O)(=O)CC6)CC[C@@]5(C)[C@]4(C)CC[C@H]3C2(C)C)cc1. The van der Waals surface area contributed by atoms with Gasteiger partial charge < -0.3 is 20.7 Å². The second kappa shape index (κ2) is 12.7. The van der Waals surface area contributed by atoms with Crippen LogP contribution < -0.4 is 11.1 Å². The first-order valence-electron chi connectivity index (χ1n) is 19.8. The van der Waals surface area contributed by atoms with Gasteiger partial charge >= 0.3 is 5.97 Å². The maximum Gasteiger partial charge on any atom is 0.337 e. The van der Waals surface area contributed by atoms with E-state index in [4.69, 9.17) is 10.5 Å². The average Bonchev–Trinajstić information content (AvgIpc) is 3.45. The third-order valence-electron chi connectivity index (χ3n) is 16.7. The van der Waals surface area contributed by atoms with Crippen molar-refractivity contribution in [1.29, 1.82) is 0 Å². The Kier molecular flexibility index (Phi) is 9.29. The summed E-state index contributed by atoms with van der Waals surface area (Å²) in [6.45, 7) is 18.5. The fourth-order valence-corrected chi connectivity index (χ4v) is 15.3. The lowest BCUT2D eigenvalue weighted by molar-refractivity contribution is -0.220. The van der Waals surface area contributed by atoms with Crippen LogP contribution in [0.3, 0.4) is 0 Å². The van der Waals surface area contributed by atoms with Gasteiger partial charge in [-0.05, 0) is 139 Å². The van der Waals surface area contributed by atoms with Gasteiger partial charge in [-0.1, -0.05) is 52.8 Å². The van der Waals surface area contributed by atoms with E-state index in [1.807, 2.05) is 12.1 Å². The van der Waals surface area contributed by atoms with Crippen LogP contribution in [0.25, 0.3) is 5.57 Å². The quantitative estimate of drug-likeness (QED) is 0.296. The monoisotopic (exact) mass is 707 g/mol. The molecule has 10 atom stereocenters. The zero-order chi connectivity index (χ0) is 35.9. The molecule has 1 saturated heterocycles. The van der Waals surface area contributed by atoms with Gasteiger partial charge in [-0.15, -0.1) is 0 Å². The Labute approximate surface area is 302 Å². The Hall–Kier alpha value is -1.74. The van der Waals surface area contributed by atoms with Crippen LogP contribution in [-0.4, -0.2) is 75.7 Å². The molecule has 8 heteroatoms. The summed E-state index contributed by atoms with van der Waals surface area (Å²) < 4.78 is 29.0. The molecule has 0 spiro atoms. The van der Waals surface area contributed by atoms with Gasteiger partial charge in [0.15, 0.2) is 9.84 Å². The predicted molar refractivity (Wildman–Crippen MR) is 202 cm³/mol. The first-order chi connectivity index (χ1) is 23.5. The van der Waals surface area contributed by atoms with E-state index in [2.05, 4.69) is 70.0 Å². The summed E-state index contributed by atoms with van der Waals surface area (Å²) in [6.07, 6.45) is 13.8. The molecule has 5 fully saturated rings. The molecule has 4 saturated carbocycles. The fraction of sp³-hybridized carbons (Fsp3) is 0.786. The van der Waals surface area contributed by atoms with E-state index in [1.165, 1.54) is 69.6 Å². The molecule has 7 nitrogen and oxygen atoms in total. The Morgan fingerprint density at radius 3 is 2.30 bits per heavy atom. The molecule has 5 aliphatic carbocycles. The number of esters is 1. The van der Waals surface area contributed by atoms with Crippen molar-refractivity contribution in [2.24, 2.45) is 57.0 Å². The average molecular weight is 708 g/mol. The molecule has 278 valence electrons. The molecule has 0 amide bonds. The van der Waals surface area contributed by atoms with Crippen molar-refractivity contribution in [3.63, 3.8) is 0 Å². The highest BCUT2D eigenvalue weighted by Gasteiger charge is 2.70. The number of nitrogens with one attached hydrogen (secondary N) is 1. The summed E-state index contributed by atoms with van der Waals surface area (Å²) in [7, 11) is -1.42. The molecule has 1 aromatic rings. The summed E-state index contributed by atoms with van der Waals surface area (Å²) in [5.41, 5.74) is 11.1. The van der Waals surface area contributed by atoms with Gasteiger partial charge in [-0.2, -0.15) is 0 Å². The predicted octanol–water partition coefficient (Wildman–Crippen LogP) is 6.97. The van der Waals surface area contributed by atoms with E-state index in [0.29, 0.717) is 59.7 Å². The lowest BCUT2D eigenvalue weighted by Crippen LogP contribution is -2.68. The number of methoxy groups -OCH3 is 1. The third-order valence-corrected chi connectivity index (χ3v) is 18.3. The largest absolute Gasteiger partial charge is 0.465 e. The maximum absolute atomic E-state index is 12.1. The summed E-state index contributed by atoms with van der Waals surface area (Å²) in [6, 6.07) is 8.28. The van der Waals surface area contributed by atoms with Crippen molar-refractivity contribution in [3.05, 3.63) is 41.5 Å². The first-order valence-corrected chi connectivity index (χ1v) is 21.7. The second-order valence-electron chi connectivity index (χ2n) is 18.9. The van der Waals surface area contributed by atoms with Crippen molar-refractivity contribution >= 4 is 21.4 Å². The van der Waals surface area contributed by atoms with Gasteiger partial charge in [0, 0.05) is 37.8 Å². The second-order valence-corrected chi connectivity index (χ2v) is 21.2. The van der Waals surface area contributed by atoms with Crippen LogP contribution in [0, 0.1) is 51.2 Å². The molecule has 50 heavy (non-hydrogen) atoms. The minimum absolute atomic E-state index is 0.0363. The minimum Gasteiger partial charge on any atom is -0.465 e. The standard InChI is InChI=1S/C42H65N3O4S/c1-28(43)31-14-19-42(44-22-23-45-24-26-50(47,48)27-25-45)21-20-40(5)33(36(31)42)12-13-35-39(4)17-15-32(29-8-10-30(11-9-29)37(46)49-7)38(2,3)34(39)16-18-41(35,40)6/h8-11,15,28,31,33-36,44H,12-14,16-27,43H2,1-7H3/t28?,31?,33-,34+,35-,36-,39+,40-,41-,42+/m1/s1. The van der Waals surface area contributed by atoms with E-state index < -0.39 is 9.84 Å². The third kappa shape index (κ3) is 5.58. The Bertz CT molecular complexity index is 1590. The Morgan fingerprint density at radius 1 is 0.940 bits per heavy atom. The van der Waals surface area contributed by atoms with Crippen LogP contribution in [0.5, 0.6) is 0 Å². The first kappa shape index (κ1) is 36.6. The number of allylic oxidation sites excluding steroid dienone is 2. The number of ether oxygens (including phenoxy) is 1. The zero-order valence-corrected chi connectivity index (χ0v) is 32.8. The highest BCUT2D eigenvalue weighted by molar-refractivity contribution is 7.91. The molecule has 1 aliphatic heterocycles. The molecular formula is C42H65N3O4S. The molecule has 3 N–H and O–H groups in total. The normalized spacial score (nSPS) is 42.6. The molecular weight excluding hydrogens is 643 g/mol. The highest BCUT2D eigenvalue weighted by atomic mass is 32.2. The minimum atomic E-state index is -2.86. The molecule has 6 aliphatic rings. The topological polar surface area (TPSA) is 102 Å². The number of hydrogen-bond donors (Lipinski definition) is 2. The van der Waals surface area contributed by atoms with E-state index in [1.54, 1.807) is 0 Å². The van der Waals surface area contributed by atoms with E-state index in [-0.39, 0.29) is 39.2 Å². The molecule has 0 bridgehead atoms. The van der Waals surface area contributed by atoms with Gasteiger partial charge in [-0.25, -0.2) is 13.2 Å². The van der Waals surface area contributed by atoms with Crippen molar-refractivity contribution in [2.45, 2.75) is 111 Å². The number of nitrogens with zero attached hydrogens (tertiary/aromatic N) is 1. The zero-order valence-electron chi connectivity index (χ0n) is 32.0. The van der Waals surface area contributed by atoms with E-state index in [9.17, 15) is 13.2 Å². The molecule has 7 rings (SSSR count). The number of carbonyl (C=O) groups is 1. The van der Waals surface area contributed by atoms with Crippen LogP contribution in [0.15, 0.2) is 30.3 Å². The van der Waals surface area contributed by atoms with Crippen LogP contribution in [0.1, 0.15) is 115 Å². The number of nitrogens with two attached hydrogens (primary N) is 1. The number of fused-ring (bicyclic) bond motifs is 7. The van der Waals surface area contributed by atoms with E-state index >= 15 is 0 Å². The number of benzene rings is 1. The lowest BCUT2D eigenvalue weighted by atomic mass is 9.33. The van der Waals surface area contributed by atoms with Crippen molar-refractivity contribution in [1.82, 2.24) is 10.2 Å². The van der Waals surface area contributed by atoms with Gasteiger partial charge in [0.2, 0.25) is 0 Å². The number of carbonyl (C=O) groups excluding carboxylic acids is 1. The van der Waals surface area contributed by atoms with Gasteiger partial charge in [0.1, 0.15) is 0 Å². The maximum atomic E-state index is 12.1. The van der Waals surface area contributed by atoms with Gasteiger partial charge in [0.25, 0.3) is 0 Å². The lowest BCUT2D eigenvalue weighted by Gasteiger charge is -2.72. The van der Waals surface area contributed by atoms with Crippen LogP contribution in [0.4, 0.5) is 0 Å². The smallest absolute Gasteiger partial charge is 0.337 e. The van der Waals surface area contributed by atoms with Crippen LogP contribution >= 0.6 is 0 Å². The number of sulfone groups is 1. The number of hydrogen-bond acceptors (Lipinski definition) is 7. The van der Waals surface area contributed by atoms with Crippen molar-refractivity contribution in [3.8, 4) is 0 Å². The fourth-order valence-electron chi connectivity index (χ4n) is 14.0. The summed E-state index contributed by atoms with van der Waals surface area (Å²) in [4.78, 5) is 14.5. The van der Waals surface area contributed by atoms with Crippen LogP contribution in [-0.2, 0) is 14.6 Å². The summed E-state index contributed by atoms with van der Waals surface area (Å²) >= 11 is 0. The number of rotatable bonds is 7. The van der Waals surface area contributed by atoms with Crippen LogP contribution in [0.2, 0.25) is 0 Å². The highest BCUT2D eigenvalue weighted by Crippen LogP contribution is 2.76. The molecule has 0 radical (unpaired) electrons. The molecule has 1 heterocycles. The molecule has 2 unspecified atom stereocenters. The van der Waals surface area contributed by atoms with Gasteiger partial charge in [-0.3, -0.25) is 0 Å². The Balaban J connectivity index is 1.14.